The van der Waals surface area contributed by atoms with E-state index < -0.39 is 0 Å². The van der Waals surface area contributed by atoms with E-state index in [1.54, 1.807) is 31.5 Å². The summed E-state index contributed by atoms with van der Waals surface area (Å²) in [6.45, 7) is 1.75. The summed E-state index contributed by atoms with van der Waals surface area (Å²) in [7, 11) is 1.65. The Morgan fingerprint density at radius 3 is 2.64 bits per heavy atom. The summed E-state index contributed by atoms with van der Waals surface area (Å²) in [6.07, 6.45) is 1.63. The van der Waals surface area contributed by atoms with Crippen LogP contribution < -0.4 is 10.6 Å². The fourth-order valence-electron chi connectivity index (χ4n) is 1.81. The molecule has 0 saturated heterocycles. The number of nitrogens with one attached hydrogen (secondary N) is 2. The maximum Gasteiger partial charge on any atom is 0.270 e. The third-order valence-electron chi connectivity index (χ3n) is 3.00. The van der Waals surface area contributed by atoms with Crippen LogP contribution in [0.25, 0.3) is 0 Å². The van der Waals surface area contributed by atoms with Crippen LogP contribution in [0, 0.1) is 0 Å². The predicted molar refractivity (Wildman–Crippen MR) is 87.2 cm³/mol. The molecule has 1 heterocycles. The van der Waals surface area contributed by atoms with Crippen LogP contribution in [0.1, 0.15) is 16.1 Å². The molecule has 2 N–H and O–H groups in total. The Kier molecular flexibility index (Phi) is 6.18. The van der Waals surface area contributed by atoms with Crippen molar-refractivity contribution >= 4 is 23.2 Å². The van der Waals surface area contributed by atoms with E-state index in [1.165, 1.54) is 0 Å². The number of hydrogen-bond acceptors (Lipinski definition) is 4. The summed E-state index contributed by atoms with van der Waals surface area (Å²) in [5.41, 5.74) is 2.22. The molecular formula is C16H18ClN3O2. The van der Waals surface area contributed by atoms with Crippen molar-refractivity contribution in [2.45, 2.75) is 6.54 Å². The molecule has 6 heteroatoms. The van der Waals surface area contributed by atoms with Gasteiger partial charge in [-0.15, -0.1) is 0 Å². The molecule has 0 radical (unpaired) electrons. The highest BCUT2D eigenvalue weighted by Gasteiger charge is 2.06. The van der Waals surface area contributed by atoms with E-state index in [0.29, 0.717) is 30.4 Å². The SMILES string of the molecule is COCCNc1ccc(C(=O)NCc2ccc(Cl)cc2)nc1. The van der Waals surface area contributed by atoms with Gasteiger partial charge in [-0.05, 0) is 29.8 Å². The number of carbonyl (C=O) groups excluding carboxylic acids is 1. The Morgan fingerprint density at radius 2 is 2.00 bits per heavy atom. The highest BCUT2D eigenvalue weighted by Crippen LogP contribution is 2.10. The molecule has 1 amide bonds. The van der Waals surface area contributed by atoms with Crippen LogP contribution in [0.3, 0.4) is 0 Å². The monoisotopic (exact) mass is 319 g/mol. The van der Waals surface area contributed by atoms with E-state index in [1.807, 2.05) is 18.2 Å². The minimum absolute atomic E-state index is 0.210. The van der Waals surface area contributed by atoms with E-state index in [2.05, 4.69) is 15.6 Å². The molecule has 1 aromatic heterocycles. The number of benzene rings is 1. The van der Waals surface area contributed by atoms with Crippen molar-refractivity contribution < 1.29 is 9.53 Å². The number of aromatic nitrogens is 1. The van der Waals surface area contributed by atoms with Crippen molar-refractivity contribution in [3.05, 3.63) is 58.9 Å². The molecule has 22 heavy (non-hydrogen) atoms. The Hall–Kier alpha value is -2.11. The first-order chi connectivity index (χ1) is 10.7. The third kappa shape index (κ3) is 5.02. The predicted octanol–water partition coefficient (Wildman–Crippen LogP) is 2.72. The van der Waals surface area contributed by atoms with E-state index in [-0.39, 0.29) is 5.91 Å². The normalized spacial score (nSPS) is 10.3. The molecule has 0 aliphatic rings. The molecule has 0 bridgehead atoms. The van der Waals surface area contributed by atoms with Crippen LogP contribution in [0.4, 0.5) is 5.69 Å². The lowest BCUT2D eigenvalue weighted by atomic mass is 10.2. The Balaban J connectivity index is 1.85. The van der Waals surface area contributed by atoms with Gasteiger partial charge in [0.25, 0.3) is 5.91 Å². The first-order valence-electron chi connectivity index (χ1n) is 6.90. The van der Waals surface area contributed by atoms with Gasteiger partial charge in [-0.1, -0.05) is 23.7 Å². The first-order valence-corrected chi connectivity index (χ1v) is 7.28. The number of rotatable bonds is 7. The van der Waals surface area contributed by atoms with Crippen molar-refractivity contribution in [3.8, 4) is 0 Å². The lowest BCUT2D eigenvalue weighted by Gasteiger charge is -2.07. The smallest absolute Gasteiger partial charge is 0.270 e. The van der Waals surface area contributed by atoms with Crippen molar-refractivity contribution in [3.63, 3.8) is 0 Å². The Morgan fingerprint density at radius 1 is 1.23 bits per heavy atom. The molecule has 2 rings (SSSR count). The summed E-state index contributed by atoms with van der Waals surface area (Å²) in [5, 5.41) is 6.64. The molecule has 0 aliphatic heterocycles. The molecule has 2 aromatic rings. The molecule has 0 unspecified atom stereocenters. The minimum Gasteiger partial charge on any atom is -0.383 e. The van der Waals surface area contributed by atoms with Crippen molar-refractivity contribution in [1.82, 2.24) is 10.3 Å². The summed E-state index contributed by atoms with van der Waals surface area (Å²) >= 11 is 5.82. The minimum atomic E-state index is -0.210. The molecule has 5 nitrogen and oxygen atoms in total. The van der Waals surface area contributed by atoms with Crippen molar-refractivity contribution in [1.29, 1.82) is 0 Å². The zero-order valence-corrected chi connectivity index (χ0v) is 13.1. The number of hydrogen-bond donors (Lipinski definition) is 2. The zero-order chi connectivity index (χ0) is 15.8. The summed E-state index contributed by atoms with van der Waals surface area (Å²) in [4.78, 5) is 16.2. The number of carbonyl (C=O) groups is 1. The summed E-state index contributed by atoms with van der Waals surface area (Å²) in [5.74, 6) is -0.210. The van der Waals surface area contributed by atoms with Crippen molar-refractivity contribution in [2.75, 3.05) is 25.6 Å². The van der Waals surface area contributed by atoms with Crippen molar-refractivity contribution in [2.24, 2.45) is 0 Å². The van der Waals surface area contributed by atoms with Gasteiger partial charge < -0.3 is 15.4 Å². The van der Waals surface area contributed by atoms with E-state index in [4.69, 9.17) is 16.3 Å². The highest BCUT2D eigenvalue weighted by molar-refractivity contribution is 6.30. The number of amides is 1. The quantitative estimate of drug-likeness (QED) is 0.770. The van der Waals surface area contributed by atoms with Gasteiger partial charge in [-0.25, -0.2) is 4.98 Å². The number of anilines is 1. The highest BCUT2D eigenvalue weighted by atomic mass is 35.5. The number of nitrogens with zero attached hydrogens (tertiary/aromatic N) is 1. The van der Waals surface area contributed by atoms with Gasteiger partial charge in [0.05, 0.1) is 18.5 Å². The average molecular weight is 320 g/mol. The molecule has 0 spiro atoms. The van der Waals surface area contributed by atoms with Gasteiger partial charge in [0.1, 0.15) is 5.69 Å². The molecule has 116 valence electrons. The molecule has 0 atom stereocenters. The van der Waals surface area contributed by atoms with Crippen LogP contribution in [0.15, 0.2) is 42.6 Å². The van der Waals surface area contributed by atoms with Gasteiger partial charge in [0, 0.05) is 25.2 Å². The number of pyridine rings is 1. The molecular weight excluding hydrogens is 302 g/mol. The Bertz CT molecular complexity index is 600. The van der Waals surface area contributed by atoms with Crippen LogP contribution in [0.2, 0.25) is 5.02 Å². The fraction of sp³-hybridized carbons (Fsp3) is 0.250. The fourth-order valence-corrected chi connectivity index (χ4v) is 1.93. The summed E-state index contributed by atoms with van der Waals surface area (Å²) in [6, 6.07) is 10.8. The lowest BCUT2D eigenvalue weighted by Crippen LogP contribution is -2.23. The molecule has 0 fully saturated rings. The maximum absolute atomic E-state index is 12.0. The molecule has 1 aromatic carbocycles. The van der Waals surface area contributed by atoms with Gasteiger partial charge in [0.2, 0.25) is 0 Å². The van der Waals surface area contributed by atoms with Crippen LogP contribution in [0.5, 0.6) is 0 Å². The molecule has 0 saturated carbocycles. The van der Waals surface area contributed by atoms with Gasteiger partial charge in [0.15, 0.2) is 0 Å². The standard InChI is InChI=1S/C16H18ClN3O2/c1-22-9-8-18-14-6-7-15(19-11-14)16(21)20-10-12-2-4-13(17)5-3-12/h2-7,11,18H,8-10H2,1H3,(H,20,21). The second kappa shape index (κ2) is 8.36. The lowest BCUT2D eigenvalue weighted by molar-refractivity contribution is 0.0946. The van der Waals surface area contributed by atoms with Crippen LogP contribution >= 0.6 is 11.6 Å². The Labute approximate surface area is 134 Å². The largest absolute Gasteiger partial charge is 0.383 e. The number of ether oxygens (including phenoxy) is 1. The van der Waals surface area contributed by atoms with Gasteiger partial charge in [-0.3, -0.25) is 4.79 Å². The van der Waals surface area contributed by atoms with Gasteiger partial charge in [-0.2, -0.15) is 0 Å². The van der Waals surface area contributed by atoms with Crippen LogP contribution in [-0.4, -0.2) is 31.2 Å². The zero-order valence-electron chi connectivity index (χ0n) is 12.3. The second-order valence-electron chi connectivity index (χ2n) is 4.66. The average Bonchev–Trinajstić information content (AvgIpc) is 2.55. The summed E-state index contributed by atoms with van der Waals surface area (Å²) < 4.78 is 4.95. The third-order valence-corrected chi connectivity index (χ3v) is 3.25. The topological polar surface area (TPSA) is 63.2 Å². The second-order valence-corrected chi connectivity index (χ2v) is 5.10. The van der Waals surface area contributed by atoms with E-state index in [9.17, 15) is 4.79 Å². The maximum atomic E-state index is 12.0. The van der Waals surface area contributed by atoms with E-state index >= 15 is 0 Å². The number of methoxy groups -OCH3 is 1. The van der Waals surface area contributed by atoms with Crippen LogP contribution in [-0.2, 0) is 11.3 Å². The van der Waals surface area contributed by atoms with E-state index in [0.717, 1.165) is 11.3 Å². The number of halogens is 1. The van der Waals surface area contributed by atoms with Gasteiger partial charge >= 0.3 is 0 Å². The molecule has 0 aliphatic carbocycles. The first kappa shape index (κ1) is 16.3.